The number of aryl methyl sites for hydroxylation is 3. The van der Waals surface area contributed by atoms with Crippen molar-refractivity contribution in [1.82, 2.24) is 4.98 Å². The zero-order valence-corrected chi connectivity index (χ0v) is 12.0. The van der Waals surface area contributed by atoms with Crippen LogP contribution in [0, 0.1) is 0 Å². The van der Waals surface area contributed by atoms with E-state index in [-0.39, 0.29) is 0 Å². The van der Waals surface area contributed by atoms with Crippen LogP contribution in [0.5, 0.6) is 0 Å². The first-order valence-corrected chi connectivity index (χ1v) is 7.05. The lowest BCUT2D eigenvalue weighted by atomic mass is 9.89. The zero-order valence-electron chi connectivity index (χ0n) is 12.0. The lowest BCUT2D eigenvalue weighted by molar-refractivity contribution is 1.05. The summed E-state index contributed by atoms with van der Waals surface area (Å²) < 4.78 is 0. The molecule has 19 heavy (non-hydrogen) atoms. The Bertz CT molecular complexity index is 548. The molecule has 0 bridgehead atoms. The number of hydrogen-bond donors (Lipinski definition) is 1. The number of rotatable bonds is 4. The predicted octanol–water partition coefficient (Wildman–Crippen LogP) is 4.02. The van der Waals surface area contributed by atoms with Crippen LogP contribution in [0.4, 0.5) is 5.69 Å². The number of nitrogens with zero attached hydrogens (tertiary/aromatic N) is 1. The van der Waals surface area contributed by atoms with Crippen LogP contribution in [0.15, 0.2) is 30.6 Å². The van der Waals surface area contributed by atoms with Gasteiger partial charge in [-0.2, -0.15) is 0 Å². The highest BCUT2D eigenvalue weighted by Crippen LogP contribution is 2.33. The lowest BCUT2D eigenvalue weighted by Gasteiger charge is -2.17. The highest BCUT2D eigenvalue weighted by Gasteiger charge is 2.12. The second-order valence-electron chi connectivity index (χ2n) is 4.81. The maximum Gasteiger partial charge on any atom is 0.0580 e. The summed E-state index contributed by atoms with van der Waals surface area (Å²) in [6.45, 7) is 6.61. The average molecular weight is 254 g/mol. The molecule has 2 N–H and O–H groups in total. The molecule has 0 saturated carbocycles. The normalized spacial score (nSPS) is 10.7. The summed E-state index contributed by atoms with van der Waals surface area (Å²) in [5.41, 5.74) is 13.5. The Balaban J connectivity index is 2.71. The Kier molecular flexibility index (Phi) is 4.20. The van der Waals surface area contributed by atoms with Crippen LogP contribution in [0.3, 0.4) is 0 Å². The summed E-state index contributed by atoms with van der Waals surface area (Å²) in [7, 11) is 0. The molecule has 0 aliphatic carbocycles. The van der Waals surface area contributed by atoms with Gasteiger partial charge in [-0.3, -0.25) is 4.98 Å². The highest BCUT2D eigenvalue weighted by molar-refractivity contribution is 5.80. The maximum atomic E-state index is 6.11. The fourth-order valence-corrected chi connectivity index (χ4v) is 2.58. The van der Waals surface area contributed by atoms with E-state index in [1.807, 2.05) is 12.3 Å². The van der Waals surface area contributed by atoms with Gasteiger partial charge in [-0.1, -0.05) is 32.9 Å². The average Bonchev–Trinajstić information content (AvgIpc) is 2.46. The predicted molar refractivity (Wildman–Crippen MR) is 82.2 cm³/mol. The molecule has 1 aromatic carbocycles. The van der Waals surface area contributed by atoms with Gasteiger partial charge in [0, 0.05) is 11.8 Å². The smallest absolute Gasteiger partial charge is 0.0580 e. The van der Waals surface area contributed by atoms with Gasteiger partial charge >= 0.3 is 0 Å². The van der Waals surface area contributed by atoms with E-state index in [2.05, 4.69) is 37.9 Å². The van der Waals surface area contributed by atoms with E-state index in [1.54, 1.807) is 6.20 Å². The summed E-state index contributed by atoms with van der Waals surface area (Å²) >= 11 is 0. The van der Waals surface area contributed by atoms with Gasteiger partial charge in [-0.25, -0.2) is 0 Å². The zero-order chi connectivity index (χ0) is 13.8. The van der Waals surface area contributed by atoms with Gasteiger partial charge in [0.25, 0.3) is 0 Å². The minimum absolute atomic E-state index is 0.760. The molecule has 2 aromatic rings. The molecule has 100 valence electrons. The quantitative estimate of drug-likeness (QED) is 0.895. The molecular formula is C17H22N2. The van der Waals surface area contributed by atoms with E-state index < -0.39 is 0 Å². The van der Waals surface area contributed by atoms with Crippen molar-refractivity contribution >= 4 is 5.69 Å². The van der Waals surface area contributed by atoms with Crippen molar-refractivity contribution in [2.24, 2.45) is 0 Å². The van der Waals surface area contributed by atoms with Gasteiger partial charge in [0.05, 0.1) is 11.9 Å². The summed E-state index contributed by atoms with van der Waals surface area (Å²) in [5.74, 6) is 0. The van der Waals surface area contributed by atoms with Gasteiger partial charge in [0.1, 0.15) is 0 Å². The summed E-state index contributed by atoms with van der Waals surface area (Å²) in [6, 6.07) is 6.65. The Morgan fingerprint density at radius 1 is 1.00 bits per heavy atom. The molecule has 1 heterocycles. The number of nitrogens with two attached hydrogens (primary N) is 1. The van der Waals surface area contributed by atoms with Crippen LogP contribution in [-0.4, -0.2) is 4.98 Å². The van der Waals surface area contributed by atoms with E-state index in [4.69, 9.17) is 5.73 Å². The summed E-state index contributed by atoms with van der Waals surface area (Å²) in [6.07, 6.45) is 6.68. The molecule has 0 aliphatic rings. The monoisotopic (exact) mass is 254 g/mol. The minimum atomic E-state index is 0.760. The van der Waals surface area contributed by atoms with Crippen molar-refractivity contribution in [1.29, 1.82) is 0 Å². The van der Waals surface area contributed by atoms with E-state index in [1.165, 1.54) is 22.3 Å². The van der Waals surface area contributed by atoms with Gasteiger partial charge in [-0.05, 0) is 47.6 Å². The molecule has 2 nitrogen and oxygen atoms in total. The Labute approximate surface area is 115 Å². The van der Waals surface area contributed by atoms with Crippen LogP contribution in [0.25, 0.3) is 11.1 Å². The Hall–Kier alpha value is -1.83. The first kappa shape index (κ1) is 13.6. The first-order chi connectivity index (χ1) is 9.21. The van der Waals surface area contributed by atoms with Crippen LogP contribution < -0.4 is 5.73 Å². The van der Waals surface area contributed by atoms with Gasteiger partial charge < -0.3 is 5.73 Å². The van der Waals surface area contributed by atoms with Gasteiger partial charge in [0.15, 0.2) is 0 Å². The third-order valence-corrected chi connectivity index (χ3v) is 3.65. The largest absolute Gasteiger partial charge is 0.397 e. The molecule has 0 atom stereocenters. The van der Waals surface area contributed by atoms with E-state index in [0.717, 1.165) is 30.5 Å². The molecule has 0 unspecified atom stereocenters. The van der Waals surface area contributed by atoms with Crippen LogP contribution in [0.1, 0.15) is 37.5 Å². The maximum absolute atomic E-state index is 6.11. The molecule has 1 aromatic heterocycles. The molecular weight excluding hydrogens is 232 g/mol. The fourth-order valence-electron chi connectivity index (χ4n) is 2.58. The minimum Gasteiger partial charge on any atom is -0.397 e. The number of aromatic nitrogens is 1. The van der Waals surface area contributed by atoms with Gasteiger partial charge in [0.2, 0.25) is 0 Å². The van der Waals surface area contributed by atoms with E-state index >= 15 is 0 Å². The van der Waals surface area contributed by atoms with Crippen LogP contribution >= 0.6 is 0 Å². The number of nitrogen functional groups attached to an aromatic ring is 1. The van der Waals surface area contributed by atoms with Gasteiger partial charge in [-0.15, -0.1) is 0 Å². The Morgan fingerprint density at radius 2 is 1.63 bits per heavy atom. The van der Waals surface area contributed by atoms with Crippen molar-refractivity contribution in [2.45, 2.75) is 40.0 Å². The lowest BCUT2D eigenvalue weighted by Crippen LogP contribution is -2.00. The first-order valence-electron chi connectivity index (χ1n) is 7.05. The molecule has 2 rings (SSSR count). The molecule has 0 spiro atoms. The number of hydrogen-bond acceptors (Lipinski definition) is 2. The van der Waals surface area contributed by atoms with Crippen molar-refractivity contribution in [2.75, 3.05) is 5.73 Å². The standard InChI is InChI=1S/C17H22N2/c1-4-12-9-13(5-2)17(14(6-3)10-12)15-7-8-19-11-16(15)18/h7-11H,4-6,18H2,1-3H3. The summed E-state index contributed by atoms with van der Waals surface area (Å²) in [5, 5.41) is 0. The molecule has 0 saturated heterocycles. The van der Waals surface area contributed by atoms with E-state index in [0.29, 0.717) is 0 Å². The SMILES string of the molecule is CCc1cc(CC)c(-c2ccncc2N)c(CC)c1. The molecule has 0 aliphatic heterocycles. The second-order valence-corrected chi connectivity index (χ2v) is 4.81. The molecule has 0 fully saturated rings. The van der Waals surface area contributed by atoms with Crippen molar-refractivity contribution in [3.8, 4) is 11.1 Å². The highest BCUT2D eigenvalue weighted by atomic mass is 14.7. The van der Waals surface area contributed by atoms with Crippen LogP contribution in [-0.2, 0) is 19.3 Å². The number of anilines is 1. The van der Waals surface area contributed by atoms with Crippen molar-refractivity contribution in [3.63, 3.8) is 0 Å². The van der Waals surface area contributed by atoms with Crippen molar-refractivity contribution in [3.05, 3.63) is 47.3 Å². The van der Waals surface area contributed by atoms with E-state index in [9.17, 15) is 0 Å². The molecule has 0 amide bonds. The number of pyridine rings is 1. The second kappa shape index (κ2) is 5.87. The number of benzene rings is 1. The topological polar surface area (TPSA) is 38.9 Å². The van der Waals surface area contributed by atoms with Crippen molar-refractivity contribution < 1.29 is 0 Å². The molecule has 0 radical (unpaired) electrons. The Morgan fingerprint density at radius 3 is 2.11 bits per heavy atom. The summed E-state index contributed by atoms with van der Waals surface area (Å²) in [4.78, 5) is 4.09. The van der Waals surface area contributed by atoms with Crippen LogP contribution in [0.2, 0.25) is 0 Å². The third kappa shape index (κ3) is 2.62. The molecule has 2 heteroatoms. The third-order valence-electron chi connectivity index (χ3n) is 3.65. The fraction of sp³-hybridized carbons (Fsp3) is 0.353.